The lowest BCUT2D eigenvalue weighted by molar-refractivity contribution is -0.385. The normalized spacial score (nSPS) is 9.96. The average molecular weight is 342 g/mol. The van der Waals surface area contributed by atoms with Crippen molar-refractivity contribution in [1.82, 2.24) is 0 Å². The molecule has 0 aromatic heterocycles. The van der Waals surface area contributed by atoms with E-state index in [1.165, 1.54) is 24.3 Å². The van der Waals surface area contributed by atoms with Crippen molar-refractivity contribution in [3.05, 3.63) is 74.6 Å². The molecule has 126 valence electrons. The number of nitro benzene ring substituents is 1. The van der Waals surface area contributed by atoms with Crippen molar-refractivity contribution in [1.29, 1.82) is 5.26 Å². The summed E-state index contributed by atoms with van der Waals surface area (Å²) in [4.78, 5) is 34.6. The summed E-state index contributed by atoms with van der Waals surface area (Å²) in [6.45, 7) is 0. The zero-order valence-electron chi connectivity index (χ0n) is 13.0. The van der Waals surface area contributed by atoms with Crippen molar-refractivity contribution in [3.63, 3.8) is 0 Å². The molecular formula is C17H11FN2O5. The maximum atomic E-state index is 13.6. The van der Waals surface area contributed by atoms with E-state index >= 15 is 0 Å². The summed E-state index contributed by atoms with van der Waals surface area (Å²) < 4.78 is 18.1. The second-order valence-corrected chi connectivity index (χ2v) is 5.00. The SMILES string of the molecule is COC(=O)c1cc(F)cc([N+](=O)[O-])c1C(=O)Cc1ccc(C#N)cc1. The fourth-order valence-corrected chi connectivity index (χ4v) is 2.27. The molecule has 0 aliphatic rings. The van der Waals surface area contributed by atoms with Crippen LogP contribution < -0.4 is 0 Å². The van der Waals surface area contributed by atoms with Gasteiger partial charge in [0.15, 0.2) is 5.78 Å². The predicted octanol–water partition coefficient (Wildman–Crippen LogP) is 2.82. The molecule has 2 aromatic rings. The molecule has 0 bridgehead atoms. The van der Waals surface area contributed by atoms with E-state index in [4.69, 9.17) is 5.26 Å². The second kappa shape index (κ2) is 7.31. The Labute approximate surface area is 141 Å². The third-order valence-corrected chi connectivity index (χ3v) is 3.41. The minimum Gasteiger partial charge on any atom is -0.465 e. The maximum Gasteiger partial charge on any atom is 0.338 e. The minimum absolute atomic E-state index is 0.262. The molecule has 0 N–H and O–H groups in total. The van der Waals surface area contributed by atoms with Crippen LogP contribution in [0.4, 0.5) is 10.1 Å². The van der Waals surface area contributed by atoms with Gasteiger partial charge >= 0.3 is 5.97 Å². The summed E-state index contributed by atoms with van der Waals surface area (Å²) in [6, 6.07) is 9.25. The van der Waals surface area contributed by atoms with E-state index in [2.05, 4.69) is 4.74 Å². The third-order valence-electron chi connectivity index (χ3n) is 3.41. The van der Waals surface area contributed by atoms with Crippen LogP contribution in [0.25, 0.3) is 0 Å². The van der Waals surface area contributed by atoms with Gasteiger partial charge < -0.3 is 4.74 Å². The van der Waals surface area contributed by atoms with Crippen molar-refractivity contribution < 1.29 is 23.6 Å². The number of hydrogen-bond acceptors (Lipinski definition) is 6. The van der Waals surface area contributed by atoms with Gasteiger partial charge in [0, 0.05) is 6.42 Å². The van der Waals surface area contributed by atoms with Crippen molar-refractivity contribution in [3.8, 4) is 6.07 Å². The Morgan fingerprint density at radius 1 is 1.28 bits per heavy atom. The number of esters is 1. The number of nitro groups is 1. The molecule has 0 saturated carbocycles. The number of rotatable bonds is 5. The van der Waals surface area contributed by atoms with Gasteiger partial charge in [0.1, 0.15) is 11.4 Å². The zero-order valence-corrected chi connectivity index (χ0v) is 13.0. The van der Waals surface area contributed by atoms with E-state index in [0.29, 0.717) is 17.2 Å². The Balaban J connectivity index is 2.51. The number of carbonyl (C=O) groups is 2. The van der Waals surface area contributed by atoms with Crippen LogP contribution >= 0.6 is 0 Å². The summed E-state index contributed by atoms with van der Waals surface area (Å²) in [6.07, 6.45) is -0.262. The number of halogens is 1. The highest BCUT2D eigenvalue weighted by molar-refractivity contribution is 6.09. The van der Waals surface area contributed by atoms with Crippen LogP contribution in [-0.2, 0) is 11.2 Å². The molecule has 0 amide bonds. The standard InChI is InChI=1S/C17H11FN2O5/c1-25-17(22)13-7-12(18)8-14(20(23)24)16(13)15(21)6-10-2-4-11(9-19)5-3-10/h2-5,7-8H,6H2,1H3. The highest BCUT2D eigenvalue weighted by atomic mass is 19.1. The molecule has 0 spiro atoms. The average Bonchev–Trinajstić information content (AvgIpc) is 2.60. The molecule has 8 heteroatoms. The molecule has 0 aliphatic heterocycles. The molecule has 7 nitrogen and oxygen atoms in total. The highest BCUT2D eigenvalue weighted by Crippen LogP contribution is 2.27. The lowest BCUT2D eigenvalue weighted by Crippen LogP contribution is -2.15. The molecule has 2 rings (SSSR count). The van der Waals surface area contributed by atoms with Crippen LogP contribution in [0.5, 0.6) is 0 Å². The van der Waals surface area contributed by atoms with Gasteiger partial charge in [0.05, 0.1) is 35.3 Å². The second-order valence-electron chi connectivity index (χ2n) is 5.00. The number of Topliss-reactive ketones (excluding diaryl/α,β-unsaturated/α-hetero) is 1. The van der Waals surface area contributed by atoms with Gasteiger partial charge in [0.2, 0.25) is 0 Å². The number of ketones is 1. The van der Waals surface area contributed by atoms with Gasteiger partial charge in [-0.05, 0) is 23.8 Å². The molecule has 0 fully saturated rings. The summed E-state index contributed by atoms with van der Waals surface area (Å²) in [5, 5.41) is 19.9. The lowest BCUT2D eigenvalue weighted by Gasteiger charge is -2.09. The Morgan fingerprint density at radius 3 is 2.44 bits per heavy atom. The van der Waals surface area contributed by atoms with Crippen molar-refractivity contribution in [2.75, 3.05) is 7.11 Å². The predicted molar refractivity (Wildman–Crippen MR) is 83.6 cm³/mol. The number of nitriles is 1. The summed E-state index contributed by atoms with van der Waals surface area (Å²) >= 11 is 0. The fourth-order valence-electron chi connectivity index (χ4n) is 2.27. The first kappa shape index (κ1) is 17.7. The van der Waals surface area contributed by atoms with E-state index in [9.17, 15) is 24.1 Å². The first-order valence-electron chi connectivity index (χ1n) is 6.96. The molecule has 0 unspecified atom stereocenters. The topological polar surface area (TPSA) is 110 Å². The molecule has 2 aromatic carbocycles. The first-order valence-corrected chi connectivity index (χ1v) is 6.96. The van der Waals surface area contributed by atoms with Crippen LogP contribution in [-0.4, -0.2) is 23.8 Å². The Bertz CT molecular complexity index is 900. The monoisotopic (exact) mass is 342 g/mol. The smallest absolute Gasteiger partial charge is 0.338 e. The van der Waals surface area contributed by atoms with Crippen LogP contribution in [0.1, 0.15) is 31.8 Å². The summed E-state index contributed by atoms with van der Waals surface area (Å²) in [5.41, 5.74) is -0.952. The summed E-state index contributed by atoms with van der Waals surface area (Å²) in [7, 11) is 1.02. The first-order chi connectivity index (χ1) is 11.9. The zero-order chi connectivity index (χ0) is 18.6. The van der Waals surface area contributed by atoms with Crippen molar-refractivity contribution >= 4 is 17.4 Å². The molecule has 0 atom stereocenters. The van der Waals surface area contributed by atoms with Crippen LogP contribution in [0.2, 0.25) is 0 Å². The molecule has 0 saturated heterocycles. The van der Waals surface area contributed by atoms with Gasteiger partial charge in [-0.3, -0.25) is 14.9 Å². The van der Waals surface area contributed by atoms with Crippen LogP contribution in [0, 0.1) is 27.3 Å². The van der Waals surface area contributed by atoms with Gasteiger partial charge in [-0.1, -0.05) is 12.1 Å². The largest absolute Gasteiger partial charge is 0.465 e. The van der Waals surface area contributed by atoms with E-state index < -0.39 is 39.3 Å². The third kappa shape index (κ3) is 3.84. The lowest BCUT2D eigenvalue weighted by atomic mass is 9.96. The van der Waals surface area contributed by atoms with Crippen LogP contribution in [0.15, 0.2) is 36.4 Å². The van der Waals surface area contributed by atoms with Gasteiger partial charge in [-0.2, -0.15) is 5.26 Å². The number of carbonyl (C=O) groups excluding carboxylic acids is 2. The number of nitrogens with zero attached hydrogens (tertiary/aromatic N) is 2. The van der Waals surface area contributed by atoms with E-state index in [1.54, 1.807) is 0 Å². The van der Waals surface area contributed by atoms with Gasteiger partial charge in [-0.25, -0.2) is 9.18 Å². The van der Waals surface area contributed by atoms with Crippen molar-refractivity contribution in [2.24, 2.45) is 0 Å². The number of ether oxygens (including phenoxy) is 1. The number of methoxy groups -OCH3 is 1. The molecular weight excluding hydrogens is 331 g/mol. The highest BCUT2D eigenvalue weighted by Gasteiger charge is 2.29. The maximum absolute atomic E-state index is 13.6. The van der Waals surface area contributed by atoms with Gasteiger partial charge in [0.25, 0.3) is 5.69 Å². The summed E-state index contributed by atoms with van der Waals surface area (Å²) in [5.74, 6) is -2.82. The van der Waals surface area contributed by atoms with Gasteiger partial charge in [-0.15, -0.1) is 0 Å². The number of hydrogen-bond donors (Lipinski definition) is 0. The fraction of sp³-hybridized carbons (Fsp3) is 0.118. The Kier molecular flexibility index (Phi) is 5.19. The minimum atomic E-state index is -1.05. The quantitative estimate of drug-likeness (QED) is 0.357. The van der Waals surface area contributed by atoms with E-state index in [1.807, 2.05) is 6.07 Å². The van der Waals surface area contributed by atoms with Crippen LogP contribution in [0.3, 0.4) is 0 Å². The number of benzene rings is 2. The Hall–Kier alpha value is -3.60. The molecule has 0 heterocycles. The molecule has 0 radical (unpaired) electrons. The van der Waals surface area contributed by atoms with E-state index in [-0.39, 0.29) is 6.42 Å². The molecule has 0 aliphatic carbocycles. The van der Waals surface area contributed by atoms with Crippen molar-refractivity contribution in [2.45, 2.75) is 6.42 Å². The van der Waals surface area contributed by atoms with E-state index in [0.717, 1.165) is 13.2 Å². The molecule has 25 heavy (non-hydrogen) atoms. The Morgan fingerprint density at radius 2 is 1.92 bits per heavy atom.